The van der Waals surface area contributed by atoms with Crippen molar-refractivity contribution < 1.29 is 0 Å². The molecule has 0 aromatic carbocycles. The minimum absolute atomic E-state index is 0.889. The molecule has 0 aromatic rings. The first-order valence-corrected chi connectivity index (χ1v) is 4.99. The average molecular weight is 155 g/mol. The van der Waals surface area contributed by atoms with Crippen LogP contribution in [-0.2, 0) is 0 Å². The molecule has 2 unspecified atom stereocenters. The maximum absolute atomic E-state index is 3.53. The molecule has 1 aliphatic heterocycles. The zero-order valence-electron chi connectivity index (χ0n) is 7.90. The lowest BCUT2D eigenvalue weighted by Gasteiger charge is -2.11. The van der Waals surface area contributed by atoms with Gasteiger partial charge in [-0.1, -0.05) is 26.7 Å². The van der Waals surface area contributed by atoms with Crippen LogP contribution in [0.1, 0.15) is 39.5 Å². The Labute approximate surface area is 70.6 Å². The molecular weight excluding hydrogens is 134 g/mol. The van der Waals surface area contributed by atoms with Crippen molar-refractivity contribution in [2.24, 2.45) is 11.8 Å². The van der Waals surface area contributed by atoms with E-state index in [0.29, 0.717) is 0 Å². The second-order valence-electron chi connectivity index (χ2n) is 4.15. The van der Waals surface area contributed by atoms with Crippen molar-refractivity contribution in [1.82, 2.24) is 5.32 Å². The van der Waals surface area contributed by atoms with E-state index in [-0.39, 0.29) is 0 Å². The molecule has 0 saturated carbocycles. The summed E-state index contributed by atoms with van der Waals surface area (Å²) in [6.45, 7) is 7.15. The van der Waals surface area contributed by atoms with E-state index in [4.69, 9.17) is 0 Å². The van der Waals surface area contributed by atoms with Crippen LogP contribution in [0.25, 0.3) is 0 Å². The Morgan fingerprint density at radius 3 is 1.82 bits per heavy atom. The molecule has 1 N–H and O–H groups in total. The van der Waals surface area contributed by atoms with Gasteiger partial charge < -0.3 is 5.32 Å². The van der Waals surface area contributed by atoms with Gasteiger partial charge in [-0.3, -0.25) is 0 Å². The lowest BCUT2D eigenvalue weighted by Crippen LogP contribution is -2.24. The van der Waals surface area contributed by atoms with Gasteiger partial charge in [-0.15, -0.1) is 0 Å². The Morgan fingerprint density at radius 1 is 0.909 bits per heavy atom. The third kappa shape index (κ3) is 3.76. The summed E-state index contributed by atoms with van der Waals surface area (Å²) < 4.78 is 0. The first-order valence-electron chi connectivity index (χ1n) is 4.99. The Morgan fingerprint density at radius 2 is 1.36 bits per heavy atom. The number of hydrogen-bond donors (Lipinski definition) is 1. The molecule has 0 bridgehead atoms. The van der Waals surface area contributed by atoms with Crippen LogP contribution >= 0.6 is 0 Å². The zero-order valence-corrected chi connectivity index (χ0v) is 7.90. The van der Waals surface area contributed by atoms with Gasteiger partial charge in [0.2, 0.25) is 0 Å². The van der Waals surface area contributed by atoms with E-state index >= 15 is 0 Å². The van der Waals surface area contributed by atoms with E-state index in [9.17, 15) is 0 Å². The topological polar surface area (TPSA) is 12.0 Å². The summed E-state index contributed by atoms with van der Waals surface area (Å²) in [7, 11) is 0. The molecule has 1 fully saturated rings. The van der Waals surface area contributed by atoms with Crippen molar-refractivity contribution in [2.75, 3.05) is 13.1 Å². The van der Waals surface area contributed by atoms with E-state index in [0.717, 1.165) is 11.8 Å². The van der Waals surface area contributed by atoms with E-state index < -0.39 is 0 Å². The van der Waals surface area contributed by atoms with Crippen LogP contribution < -0.4 is 5.32 Å². The summed E-state index contributed by atoms with van der Waals surface area (Å²) in [6, 6.07) is 0. The SMILES string of the molecule is CC1CCCCC(C)CNC1. The molecule has 66 valence electrons. The molecule has 0 radical (unpaired) electrons. The van der Waals surface area contributed by atoms with E-state index in [1.54, 1.807) is 0 Å². The number of hydrogen-bond acceptors (Lipinski definition) is 1. The molecule has 0 spiro atoms. The van der Waals surface area contributed by atoms with Gasteiger partial charge in [0.05, 0.1) is 0 Å². The minimum atomic E-state index is 0.889. The maximum Gasteiger partial charge on any atom is -0.00230 e. The molecule has 1 rings (SSSR count). The molecule has 0 aromatic heterocycles. The summed E-state index contributed by atoms with van der Waals surface area (Å²) in [4.78, 5) is 0. The summed E-state index contributed by atoms with van der Waals surface area (Å²) in [6.07, 6.45) is 5.71. The molecule has 1 saturated heterocycles. The van der Waals surface area contributed by atoms with Crippen LogP contribution in [0, 0.1) is 11.8 Å². The largest absolute Gasteiger partial charge is 0.316 e. The molecule has 1 nitrogen and oxygen atoms in total. The fourth-order valence-corrected chi connectivity index (χ4v) is 1.77. The second kappa shape index (κ2) is 4.76. The Balaban J connectivity index is 2.24. The van der Waals surface area contributed by atoms with Crippen molar-refractivity contribution in [3.8, 4) is 0 Å². The quantitative estimate of drug-likeness (QED) is 0.566. The van der Waals surface area contributed by atoms with Crippen molar-refractivity contribution in [3.63, 3.8) is 0 Å². The summed E-state index contributed by atoms with van der Waals surface area (Å²) in [5.74, 6) is 1.78. The van der Waals surface area contributed by atoms with Crippen molar-refractivity contribution in [3.05, 3.63) is 0 Å². The van der Waals surface area contributed by atoms with Gasteiger partial charge in [-0.2, -0.15) is 0 Å². The molecule has 1 aliphatic rings. The van der Waals surface area contributed by atoms with Crippen molar-refractivity contribution >= 4 is 0 Å². The fourth-order valence-electron chi connectivity index (χ4n) is 1.77. The Hall–Kier alpha value is -0.0400. The van der Waals surface area contributed by atoms with Gasteiger partial charge in [0.1, 0.15) is 0 Å². The van der Waals surface area contributed by atoms with Gasteiger partial charge in [-0.05, 0) is 37.8 Å². The average Bonchev–Trinajstić information content (AvgIpc) is 2.04. The first-order chi connectivity index (χ1) is 5.29. The number of rotatable bonds is 0. The van der Waals surface area contributed by atoms with Gasteiger partial charge in [-0.25, -0.2) is 0 Å². The predicted octanol–water partition coefficient (Wildman–Crippen LogP) is 2.42. The summed E-state index contributed by atoms with van der Waals surface area (Å²) in [5.41, 5.74) is 0. The van der Waals surface area contributed by atoms with Gasteiger partial charge >= 0.3 is 0 Å². The molecule has 0 amide bonds. The Bertz CT molecular complexity index is 89.0. The smallest absolute Gasteiger partial charge is 0.00230 e. The monoisotopic (exact) mass is 155 g/mol. The van der Waals surface area contributed by atoms with Crippen molar-refractivity contribution in [1.29, 1.82) is 0 Å². The molecule has 1 heteroatoms. The lowest BCUT2D eigenvalue weighted by molar-refractivity contribution is 0.465. The fraction of sp³-hybridized carbons (Fsp3) is 1.00. The van der Waals surface area contributed by atoms with Gasteiger partial charge in [0, 0.05) is 0 Å². The molecule has 11 heavy (non-hydrogen) atoms. The highest BCUT2D eigenvalue weighted by Crippen LogP contribution is 2.14. The lowest BCUT2D eigenvalue weighted by atomic mass is 10.0. The third-order valence-electron chi connectivity index (χ3n) is 2.63. The zero-order chi connectivity index (χ0) is 8.10. The summed E-state index contributed by atoms with van der Waals surface area (Å²) >= 11 is 0. The molecule has 0 aliphatic carbocycles. The normalized spacial score (nSPS) is 35.5. The second-order valence-corrected chi connectivity index (χ2v) is 4.15. The molecular formula is C10H21N. The van der Waals surface area contributed by atoms with Crippen LogP contribution in [0.4, 0.5) is 0 Å². The van der Waals surface area contributed by atoms with Crippen LogP contribution in [0.15, 0.2) is 0 Å². The van der Waals surface area contributed by atoms with Gasteiger partial charge in [0.25, 0.3) is 0 Å². The van der Waals surface area contributed by atoms with Crippen LogP contribution in [0.3, 0.4) is 0 Å². The number of nitrogens with one attached hydrogen (secondary N) is 1. The van der Waals surface area contributed by atoms with Crippen LogP contribution in [0.5, 0.6) is 0 Å². The van der Waals surface area contributed by atoms with Crippen LogP contribution in [0.2, 0.25) is 0 Å². The van der Waals surface area contributed by atoms with Gasteiger partial charge in [0.15, 0.2) is 0 Å². The Kier molecular flexibility index (Phi) is 3.92. The molecule has 2 atom stereocenters. The van der Waals surface area contributed by atoms with E-state index in [1.165, 1.54) is 38.8 Å². The minimum Gasteiger partial charge on any atom is -0.316 e. The summed E-state index contributed by atoms with van der Waals surface area (Å²) in [5, 5.41) is 3.53. The van der Waals surface area contributed by atoms with Crippen molar-refractivity contribution in [2.45, 2.75) is 39.5 Å². The van der Waals surface area contributed by atoms with Crippen LogP contribution in [-0.4, -0.2) is 13.1 Å². The maximum atomic E-state index is 3.53. The standard InChI is InChI=1S/C10H21N/c1-9-5-3-4-6-10(2)8-11-7-9/h9-11H,3-8H2,1-2H3. The van der Waals surface area contributed by atoms with E-state index in [2.05, 4.69) is 19.2 Å². The van der Waals surface area contributed by atoms with E-state index in [1.807, 2.05) is 0 Å². The highest BCUT2D eigenvalue weighted by Gasteiger charge is 2.07. The molecule has 1 heterocycles. The predicted molar refractivity (Wildman–Crippen MR) is 49.7 cm³/mol. The highest BCUT2D eigenvalue weighted by atomic mass is 14.9. The highest BCUT2D eigenvalue weighted by molar-refractivity contribution is 4.64. The third-order valence-corrected chi connectivity index (χ3v) is 2.63. The first kappa shape index (κ1) is 9.05.